The first-order chi connectivity index (χ1) is 9.94. The minimum absolute atomic E-state index is 0.110. The van der Waals surface area contributed by atoms with Gasteiger partial charge in [-0.15, -0.1) is 0 Å². The summed E-state index contributed by atoms with van der Waals surface area (Å²) in [4.78, 5) is 0. The van der Waals surface area contributed by atoms with Crippen molar-refractivity contribution in [2.24, 2.45) is 0 Å². The van der Waals surface area contributed by atoms with E-state index in [-0.39, 0.29) is 4.75 Å². The molecule has 0 spiro atoms. The van der Waals surface area contributed by atoms with Gasteiger partial charge < -0.3 is 5.32 Å². The Morgan fingerprint density at radius 3 is 2.33 bits per heavy atom. The third-order valence-electron chi connectivity index (χ3n) is 4.26. The summed E-state index contributed by atoms with van der Waals surface area (Å²) in [5.74, 6) is 0. The highest BCUT2D eigenvalue weighted by molar-refractivity contribution is 8.00. The van der Waals surface area contributed by atoms with Gasteiger partial charge in [-0.25, -0.2) is 0 Å². The zero-order chi connectivity index (χ0) is 15.3. The smallest absolute Gasteiger partial charge is 0.308 e. The van der Waals surface area contributed by atoms with Crippen molar-refractivity contribution in [2.75, 3.05) is 12.8 Å². The summed E-state index contributed by atoms with van der Waals surface area (Å²) < 4.78 is 38.6. The van der Waals surface area contributed by atoms with Crippen molar-refractivity contribution in [1.82, 2.24) is 5.32 Å². The topological polar surface area (TPSA) is 12.0 Å². The largest absolute Gasteiger partial charge is 0.390 e. The fraction of sp³-hybridized carbons (Fsp3) is 0.625. The number of nitrogens with one attached hydrogen (secondary N) is 1. The summed E-state index contributed by atoms with van der Waals surface area (Å²) in [6.07, 6.45) is 1.63. The third kappa shape index (κ3) is 4.92. The average molecular weight is 317 g/mol. The first kappa shape index (κ1) is 16.7. The van der Waals surface area contributed by atoms with Gasteiger partial charge in [-0.05, 0) is 24.7 Å². The van der Waals surface area contributed by atoms with E-state index in [0.29, 0.717) is 12.1 Å². The van der Waals surface area contributed by atoms with Crippen LogP contribution in [0.25, 0.3) is 0 Å². The van der Waals surface area contributed by atoms with Crippen molar-refractivity contribution >= 4 is 11.8 Å². The molecule has 0 radical (unpaired) electrons. The van der Waals surface area contributed by atoms with Crippen LogP contribution in [0.1, 0.15) is 43.7 Å². The Balaban J connectivity index is 2.06. The molecule has 0 aromatic heterocycles. The lowest BCUT2D eigenvalue weighted by Gasteiger charge is -2.30. The first-order valence-corrected chi connectivity index (χ1v) is 8.57. The molecular weight excluding hydrogens is 295 g/mol. The van der Waals surface area contributed by atoms with E-state index in [1.807, 2.05) is 6.07 Å². The van der Waals surface area contributed by atoms with Gasteiger partial charge in [0.15, 0.2) is 0 Å². The van der Waals surface area contributed by atoms with Gasteiger partial charge in [0.05, 0.1) is 6.42 Å². The number of hydrogen-bond donors (Lipinski definition) is 1. The number of hydrogen-bond acceptors (Lipinski definition) is 2. The highest BCUT2D eigenvalue weighted by Gasteiger charge is 2.36. The second-order valence-corrected chi connectivity index (χ2v) is 7.03. The molecule has 118 valence electrons. The summed E-state index contributed by atoms with van der Waals surface area (Å²) in [7, 11) is 0. The molecule has 1 aromatic rings. The fourth-order valence-corrected chi connectivity index (χ4v) is 3.93. The number of benzene rings is 1. The number of alkyl halides is 3. The molecular formula is C16H22F3NS. The van der Waals surface area contributed by atoms with Gasteiger partial charge in [-0.2, -0.15) is 24.9 Å². The second-order valence-electron chi connectivity index (χ2n) is 5.76. The quantitative estimate of drug-likeness (QED) is 0.797. The Bertz CT molecular complexity index is 427. The van der Waals surface area contributed by atoms with E-state index in [4.69, 9.17) is 0 Å². The Kier molecular flexibility index (Phi) is 5.60. The van der Waals surface area contributed by atoms with E-state index >= 15 is 0 Å². The summed E-state index contributed by atoms with van der Waals surface area (Å²) in [5.41, 5.74) is 0.712. The molecule has 21 heavy (non-hydrogen) atoms. The SMILES string of the molecule is CSC1(CNC(CC(F)(F)F)c2ccccc2)CCCC1. The van der Waals surface area contributed by atoms with E-state index in [9.17, 15) is 13.2 Å². The maximum atomic E-state index is 12.8. The van der Waals surface area contributed by atoms with Gasteiger partial charge in [0.1, 0.15) is 0 Å². The van der Waals surface area contributed by atoms with Gasteiger partial charge in [-0.3, -0.25) is 0 Å². The van der Waals surface area contributed by atoms with Crippen LogP contribution in [0.2, 0.25) is 0 Å². The van der Waals surface area contributed by atoms with Crippen molar-refractivity contribution in [1.29, 1.82) is 0 Å². The van der Waals surface area contributed by atoms with Crippen LogP contribution in [0.15, 0.2) is 30.3 Å². The molecule has 0 aliphatic heterocycles. The van der Waals surface area contributed by atoms with Gasteiger partial charge >= 0.3 is 6.18 Å². The first-order valence-electron chi connectivity index (χ1n) is 7.34. The maximum absolute atomic E-state index is 12.8. The molecule has 1 N–H and O–H groups in total. The van der Waals surface area contributed by atoms with E-state index in [1.54, 1.807) is 36.0 Å². The predicted molar refractivity (Wildman–Crippen MR) is 82.6 cm³/mol. The molecule has 1 unspecified atom stereocenters. The molecule has 2 rings (SSSR count). The predicted octanol–water partition coefficient (Wildman–Crippen LogP) is 4.95. The zero-order valence-electron chi connectivity index (χ0n) is 12.2. The lowest BCUT2D eigenvalue weighted by Crippen LogP contribution is -2.38. The fourth-order valence-electron chi connectivity index (χ4n) is 3.01. The molecule has 1 aromatic carbocycles. The number of rotatable bonds is 6. The van der Waals surface area contributed by atoms with Gasteiger partial charge in [0.25, 0.3) is 0 Å². The summed E-state index contributed by atoms with van der Waals surface area (Å²) in [6, 6.07) is 8.29. The molecule has 5 heteroatoms. The molecule has 1 atom stereocenters. The normalized spacial score (nSPS) is 19.6. The molecule has 1 aliphatic carbocycles. The van der Waals surface area contributed by atoms with Crippen LogP contribution in [0, 0.1) is 0 Å². The van der Waals surface area contributed by atoms with Gasteiger partial charge in [0, 0.05) is 17.3 Å². The average Bonchev–Trinajstić information content (AvgIpc) is 2.93. The highest BCUT2D eigenvalue weighted by atomic mass is 32.2. The van der Waals surface area contributed by atoms with Crippen LogP contribution in [-0.2, 0) is 0 Å². The van der Waals surface area contributed by atoms with Crippen LogP contribution in [0.5, 0.6) is 0 Å². The lowest BCUT2D eigenvalue weighted by atomic mass is 10.0. The minimum atomic E-state index is -4.16. The molecule has 0 amide bonds. The third-order valence-corrected chi connectivity index (χ3v) is 5.67. The molecule has 1 aliphatic rings. The van der Waals surface area contributed by atoms with Crippen LogP contribution in [0.3, 0.4) is 0 Å². The summed E-state index contributed by atoms with van der Waals surface area (Å²) >= 11 is 1.79. The van der Waals surface area contributed by atoms with Gasteiger partial charge in [-0.1, -0.05) is 43.2 Å². The maximum Gasteiger partial charge on any atom is 0.390 e. The Morgan fingerprint density at radius 1 is 1.19 bits per heavy atom. The number of thioether (sulfide) groups is 1. The summed E-state index contributed by atoms with van der Waals surface area (Å²) in [5, 5.41) is 3.19. The second kappa shape index (κ2) is 7.05. The van der Waals surface area contributed by atoms with E-state index in [0.717, 1.165) is 12.8 Å². The molecule has 0 saturated heterocycles. The van der Waals surface area contributed by atoms with Gasteiger partial charge in [0.2, 0.25) is 0 Å². The van der Waals surface area contributed by atoms with Crippen LogP contribution in [-0.4, -0.2) is 23.7 Å². The standard InChI is InChI=1S/C16H22F3NS/c1-21-15(9-5-6-10-15)12-20-14(11-16(17,18)19)13-7-3-2-4-8-13/h2-4,7-8,14,20H,5-6,9-12H2,1H3. The Labute approximate surface area is 128 Å². The minimum Gasteiger partial charge on any atom is -0.308 e. The van der Waals surface area contributed by atoms with E-state index in [2.05, 4.69) is 11.6 Å². The van der Waals surface area contributed by atoms with Crippen LogP contribution < -0.4 is 5.32 Å². The summed E-state index contributed by atoms with van der Waals surface area (Å²) in [6.45, 7) is 0.643. The molecule has 1 saturated carbocycles. The Morgan fingerprint density at radius 2 is 1.81 bits per heavy atom. The number of halogens is 3. The molecule has 1 nitrogen and oxygen atoms in total. The van der Waals surface area contributed by atoms with E-state index in [1.165, 1.54) is 12.8 Å². The van der Waals surface area contributed by atoms with Crippen molar-refractivity contribution in [3.63, 3.8) is 0 Å². The molecule has 0 heterocycles. The van der Waals surface area contributed by atoms with Crippen molar-refractivity contribution in [3.05, 3.63) is 35.9 Å². The Hall–Kier alpha value is -0.680. The van der Waals surface area contributed by atoms with Crippen LogP contribution in [0.4, 0.5) is 13.2 Å². The lowest BCUT2D eigenvalue weighted by molar-refractivity contribution is -0.140. The van der Waals surface area contributed by atoms with E-state index < -0.39 is 18.6 Å². The monoisotopic (exact) mass is 317 g/mol. The van der Waals surface area contributed by atoms with Crippen molar-refractivity contribution in [3.8, 4) is 0 Å². The molecule has 0 bridgehead atoms. The molecule has 1 fully saturated rings. The van der Waals surface area contributed by atoms with Crippen LogP contribution >= 0.6 is 11.8 Å². The highest BCUT2D eigenvalue weighted by Crippen LogP contribution is 2.40. The van der Waals surface area contributed by atoms with Crippen molar-refractivity contribution < 1.29 is 13.2 Å². The van der Waals surface area contributed by atoms with Crippen molar-refractivity contribution in [2.45, 2.75) is 49.1 Å². The zero-order valence-corrected chi connectivity index (χ0v) is 13.1.